The average molecular weight is 503 g/mol. The van der Waals surface area contributed by atoms with E-state index in [-0.39, 0.29) is 23.0 Å². The molecular weight excluding hydrogens is 467 g/mol. The number of hydrogen-bond donors (Lipinski definition) is 2. The van der Waals surface area contributed by atoms with Crippen molar-refractivity contribution >= 4 is 23.2 Å². The van der Waals surface area contributed by atoms with E-state index in [2.05, 4.69) is 91.0 Å². The van der Waals surface area contributed by atoms with Crippen molar-refractivity contribution in [2.75, 3.05) is 20.4 Å². The van der Waals surface area contributed by atoms with Crippen LogP contribution in [0.3, 0.4) is 0 Å². The number of rotatable bonds is 10. The van der Waals surface area contributed by atoms with Crippen LogP contribution < -0.4 is 25.4 Å². The summed E-state index contributed by atoms with van der Waals surface area (Å²) in [4.78, 5) is 0. The van der Waals surface area contributed by atoms with Crippen molar-refractivity contribution in [3.8, 4) is 23.0 Å². The van der Waals surface area contributed by atoms with Gasteiger partial charge >= 0.3 is 215 Å². The zero-order valence-corrected chi connectivity index (χ0v) is 22.2. The molecular formula is C31H35O4P. The summed E-state index contributed by atoms with van der Waals surface area (Å²) in [5.74, 6) is 0.406. The van der Waals surface area contributed by atoms with Crippen LogP contribution in [0.2, 0.25) is 0 Å². The van der Waals surface area contributed by atoms with E-state index in [9.17, 15) is 10.2 Å². The molecule has 5 heteroatoms. The molecule has 4 aromatic rings. The van der Waals surface area contributed by atoms with Gasteiger partial charge in [-0.25, -0.2) is 0 Å². The molecule has 0 unspecified atom stereocenters. The summed E-state index contributed by atoms with van der Waals surface area (Å²) in [5.41, 5.74) is 1.33. The molecule has 0 heterocycles. The molecule has 188 valence electrons. The van der Waals surface area contributed by atoms with Crippen molar-refractivity contribution < 1.29 is 19.7 Å². The topological polar surface area (TPSA) is 58.9 Å². The molecule has 0 atom stereocenters. The van der Waals surface area contributed by atoms with E-state index >= 15 is 0 Å². The normalized spacial score (nSPS) is 11.8. The second-order valence-corrected chi connectivity index (χ2v) is 13.1. The van der Waals surface area contributed by atoms with Gasteiger partial charge in [0.15, 0.2) is 0 Å². The van der Waals surface area contributed by atoms with E-state index in [0.717, 1.165) is 19.0 Å². The zero-order valence-electron chi connectivity index (χ0n) is 21.2. The molecule has 0 saturated heterocycles. The molecule has 0 aliphatic heterocycles. The molecule has 4 aromatic carbocycles. The van der Waals surface area contributed by atoms with Crippen molar-refractivity contribution in [3.63, 3.8) is 0 Å². The first-order valence-corrected chi connectivity index (χ1v) is 14.6. The third kappa shape index (κ3) is 4.79. The predicted molar refractivity (Wildman–Crippen MR) is 152 cm³/mol. The van der Waals surface area contributed by atoms with Crippen LogP contribution in [-0.2, 0) is 6.42 Å². The van der Waals surface area contributed by atoms with Crippen LogP contribution in [0.4, 0.5) is 0 Å². The molecule has 0 amide bonds. The maximum atomic E-state index is 10.9. The first-order chi connectivity index (χ1) is 17.5. The molecule has 2 N–H and O–H groups in total. The molecule has 0 radical (unpaired) electrons. The fraction of sp³-hybridized carbons (Fsp3) is 0.226. The van der Waals surface area contributed by atoms with Crippen molar-refractivity contribution in [1.29, 1.82) is 0 Å². The Morgan fingerprint density at radius 1 is 0.611 bits per heavy atom. The maximum absolute atomic E-state index is 10.9. The predicted octanol–water partition coefficient (Wildman–Crippen LogP) is 5.47. The van der Waals surface area contributed by atoms with Gasteiger partial charge in [-0.2, -0.15) is 0 Å². The molecule has 36 heavy (non-hydrogen) atoms. The molecule has 0 aromatic heterocycles. The number of unbranched alkanes of at least 4 members (excludes halogenated alkanes) is 1. The van der Waals surface area contributed by atoms with Gasteiger partial charge in [-0.15, -0.1) is 0 Å². The van der Waals surface area contributed by atoms with Gasteiger partial charge in [-0.1, -0.05) is 0 Å². The fourth-order valence-electron chi connectivity index (χ4n) is 5.32. The second-order valence-electron chi connectivity index (χ2n) is 9.08. The molecule has 0 bridgehead atoms. The quantitative estimate of drug-likeness (QED) is 0.172. The van der Waals surface area contributed by atoms with Gasteiger partial charge in [0, 0.05) is 0 Å². The van der Waals surface area contributed by atoms with Crippen LogP contribution >= 0.6 is 7.26 Å². The summed E-state index contributed by atoms with van der Waals surface area (Å²) in [6, 6.07) is 32.7. The van der Waals surface area contributed by atoms with Crippen molar-refractivity contribution in [2.45, 2.75) is 26.2 Å². The van der Waals surface area contributed by atoms with Gasteiger partial charge in [0.05, 0.1) is 0 Å². The van der Waals surface area contributed by atoms with E-state index in [1.165, 1.54) is 30.1 Å². The second kappa shape index (κ2) is 11.5. The van der Waals surface area contributed by atoms with Gasteiger partial charge in [0.1, 0.15) is 0 Å². The minimum atomic E-state index is -2.29. The third-order valence-electron chi connectivity index (χ3n) is 7.17. The summed E-state index contributed by atoms with van der Waals surface area (Å²) in [7, 11) is 0.634. The Morgan fingerprint density at radius 3 is 1.44 bits per heavy atom. The molecule has 0 aliphatic rings. The van der Waals surface area contributed by atoms with Crippen LogP contribution in [-0.4, -0.2) is 30.6 Å². The van der Waals surface area contributed by atoms with E-state index in [1.807, 2.05) is 6.92 Å². The number of phenols is 2. The SMILES string of the molecule is COc1c(O)c(C)c(CCCC[PH](c2ccccc2)(c2ccccc2)c2ccccc2)c(O)c1OC. The Balaban J connectivity index is 1.68. The van der Waals surface area contributed by atoms with Crippen LogP contribution in [0.15, 0.2) is 91.0 Å². The van der Waals surface area contributed by atoms with Gasteiger partial charge in [0.2, 0.25) is 0 Å². The van der Waals surface area contributed by atoms with Gasteiger partial charge in [-0.3, -0.25) is 0 Å². The Morgan fingerprint density at radius 2 is 1.03 bits per heavy atom. The van der Waals surface area contributed by atoms with Crippen molar-refractivity contribution in [2.24, 2.45) is 0 Å². The Labute approximate surface area is 214 Å². The summed E-state index contributed by atoms with van der Waals surface area (Å²) >= 11 is 0. The summed E-state index contributed by atoms with van der Waals surface area (Å²) in [5, 5.41) is 25.7. The fourth-order valence-corrected chi connectivity index (χ4v) is 10.3. The van der Waals surface area contributed by atoms with Crippen LogP contribution in [0.1, 0.15) is 24.0 Å². The first-order valence-electron chi connectivity index (χ1n) is 12.4. The molecule has 0 fully saturated rings. The van der Waals surface area contributed by atoms with E-state index in [0.29, 0.717) is 17.5 Å². The number of benzene rings is 4. The van der Waals surface area contributed by atoms with Crippen LogP contribution in [0.5, 0.6) is 23.0 Å². The molecule has 0 spiro atoms. The Kier molecular flexibility index (Phi) is 8.18. The summed E-state index contributed by atoms with van der Waals surface area (Å²) in [6.07, 6.45) is 3.50. The van der Waals surface area contributed by atoms with Crippen molar-refractivity contribution in [1.82, 2.24) is 0 Å². The van der Waals surface area contributed by atoms with E-state index < -0.39 is 7.26 Å². The number of phenolic OH excluding ortho intramolecular Hbond substituents is 2. The number of ether oxygens (including phenoxy) is 2. The molecule has 0 aliphatic carbocycles. The van der Waals surface area contributed by atoms with E-state index in [4.69, 9.17) is 9.47 Å². The van der Waals surface area contributed by atoms with Crippen LogP contribution in [0.25, 0.3) is 0 Å². The van der Waals surface area contributed by atoms with Gasteiger partial charge in [-0.05, 0) is 0 Å². The zero-order chi connectivity index (χ0) is 25.5. The summed E-state index contributed by atoms with van der Waals surface area (Å²) < 4.78 is 10.6. The van der Waals surface area contributed by atoms with Gasteiger partial charge in [0.25, 0.3) is 0 Å². The monoisotopic (exact) mass is 502 g/mol. The van der Waals surface area contributed by atoms with E-state index in [1.54, 1.807) is 0 Å². The standard InChI is InChI=1S/C31H35O4P/c1-23-27(29(33)31(35-3)30(34-2)28(23)32)21-13-14-22-36(24-15-7-4-8-16-24,25-17-9-5-10-18-25)26-19-11-6-12-20-26/h4-12,15-20,32-33,36H,13-14,21-22H2,1-3H3. The average Bonchev–Trinajstić information content (AvgIpc) is 2.93. The van der Waals surface area contributed by atoms with Crippen LogP contribution in [0, 0.1) is 6.92 Å². The number of methoxy groups -OCH3 is 2. The number of aromatic hydroxyl groups is 2. The first kappa shape index (κ1) is 25.6. The number of hydrogen-bond acceptors (Lipinski definition) is 4. The molecule has 4 nitrogen and oxygen atoms in total. The Hall–Kier alpha value is -3.49. The Bertz CT molecular complexity index is 1180. The summed E-state index contributed by atoms with van der Waals surface area (Å²) in [6.45, 7) is 1.81. The minimum absolute atomic E-state index is 0.0173. The van der Waals surface area contributed by atoms with Gasteiger partial charge < -0.3 is 0 Å². The molecule has 0 saturated carbocycles. The molecule has 4 rings (SSSR count). The van der Waals surface area contributed by atoms with Crippen molar-refractivity contribution in [3.05, 3.63) is 102 Å². The third-order valence-corrected chi connectivity index (χ3v) is 12.2.